The standard InChI is InChI=1S/C18H22NP/c1-13-5-7-17-15(11-13)16-12-14(2)6-8-18(16)19(17)9-3-4-10-20/h5-8,11-12H,3-4,9-10,20H2,1-2H3. The first-order valence-electron chi connectivity index (χ1n) is 7.40. The fourth-order valence-corrected chi connectivity index (χ4v) is 3.28. The van der Waals surface area contributed by atoms with Crippen LogP contribution in [0.15, 0.2) is 36.4 Å². The van der Waals surface area contributed by atoms with Gasteiger partial charge < -0.3 is 4.57 Å². The van der Waals surface area contributed by atoms with Crippen LogP contribution in [0.1, 0.15) is 24.0 Å². The summed E-state index contributed by atoms with van der Waals surface area (Å²) in [6.07, 6.45) is 3.70. The van der Waals surface area contributed by atoms with Crippen LogP contribution >= 0.6 is 9.24 Å². The van der Waals surface area contributed by atoms with Crippen molar-refractivity contribution in [2.24, 2.45) is 0 Å². The van der Waals surface area contributed by atoms with Crippen LogP contribution in [0.3, 0.4) is 0 Å². The van der Waals surface area contributed by atoms with E-state index in [9.17, 15) is 0 Å². The number of hydrogen-bond donors (Lipinski definition) is 0. The van der Waals surface area contributed by atoms with Gasteiger partial charge >= 0.3 is 0 Å². The Labute approximate surface area is 123 Å². The molecule has 1 nitrogen and oxygen atoms in total. The topological polar surface area (TPSA) is 4.93 Å². The Morgan fingerprint density at radius 1 is 0.850 bits per heavy atom. The van der Waals surface area contributed by atoms with Crippen LogP contribution in [0.2, 0.25) is 0 Å². The number of unbranched alkanes of at least 4 members (excludes halogenated alkanes) is 1. The lowest BCUT2D eigenvalue weighted by Crippen LogP contribution is -1.97. The number of aromatic nitrogens is 1. The van der Waals surface area contributed by atoms with E-state index in [0.29, 0.717) is 0 Å². The summed E-state index contributed by atoms with van der Waals surface area (Å²) >= 11 is 0. The van der Waals surface area contributed by atoms with Gasteiger partial charge in [0.15, 0.2) is 0 Å². The molecule has 1 aromatic heterocycles. The van der Waals surface area contributed by atoms with E-state index in [1.54, 1.807) is 0 Å². The molecule has 0 radical (unpaired) electrons. The molecule has 2 heteroatoms. The smallest absolute Gasteiger partial charge is 0.0491 e. The number of aryl methyl sites for hydroxylation is 3. The maximum absolute atomic E-state index is 2.82. The van der Waals surface area contributed by atoms with Gasteiger partial charge in [0.25, 0.3) is 0 Å². The highest BCUT2D eigenvalue weighted by Gasteiger charge is 2.10. The van der Waals surface area contributed by atoms with Crippen LogP contribution in [-0.4, -0.2) is 10.7 Å². The van der Waals surface area contributed by atoms with Crippen LogP contribution in [0.4, 0.5) is 0 Å². The third-order valence-electron chi connectivity index (χ3n) is 4.01. The van der Waals surface area contributed by atoms with Crippen LogP contribution in [0.25, 0.3) is 21.8 Å². The summed E-state index contributed by atoms with van der Waals surface area (Å²) in [5.74, 6) is 0. The average molecular weight is 283 g/mol. The molecule has 3 rings (SSSR count). The van der Waals surface area contributed by atoms with Crippen LogP contribution in [-0.2, 0) is 6.54 Å². The van der Waals surface area contributed by atoms with Gasteiger partial charge in [-0.25, -0.2) is 0 Å². The van der Waals surface area contributed by atoms with Gasteiger partial charge in [0.1, 0.15) is 0 Å². The zero-order valence-electron chi connectivity index (χ0n) is 12.3. The van der Waals surface area contributed by atoms with Crippen molar-refractivity contribution in [3.63, 3.8) is 0 Å². The van der Waals surface area contributed by atoms with Crippen molar-refractivity contribution in [3.05, 3.63) is 47.5 Å². The SMILES string of the molecule is Cc1ccc2c(c1)c1cc(C)ccc1n2CCCCP. The summed E-state index contributed by atoms with van der Waals surface area (Å²) in [4.78, 5) is 0. The molecule has 1 atom stereocenters. The number of nitrogens with zero attached hydrogens (tertiary/aromatic N) is 1. The number of hydrogen-bond acceptors (Lipinski definition) is 0. The number of fused-ring (bicyclic) bond motifs is 3. The molecule has 0 aliphatic rings. The first-order valence-corrected chi connectivity index (χ1v) is 8.21. The van der Waals surface area contributed by atoms with E-state index >= 15 is 0 Å². The van der Waals surface area contributed by atoms with E-state index in [-0.39, 0.29) is 0 Å². The van der Waals surface area contributed by atoms with Crippen molar-refractivity contribution in [3.8, 4) is 0 Å². The first kappa shape index (κ1) is 13.6. The second-order valence-electron chi connectivity index (χ2n) is 5.69. The summed E-state index contributed by atoms with van der Waals surface area (Å²) in [7, 11) is 2.82. The fraction of sp³-hybridized carbons (Fsp3) is 0.333. The molecule has 0 saturated carbocycles. The largest absolute Gasteiger partial charge is 0.340 e. The van der Waals surface area contributed by atoms with Gasteiger partial charge in [-0.15, -0.1) is 9.24 Å². The zero-order valence-corrected chi connectivity index (χ0v) is 13.5. The van der Waals surface area contributed by atoms with Crippen LogP contribution in [0, 0.1) is 13.8 Å². The second kappa shape index (κ2) is 5.58. The molecule has 2 aromatic carbocycles. The summed E-state index contributed by atoms with van der Waals surface area (Å²) in [5.41, 5.74) is 5.42. The molecule has 0 fully saturated rings. The van der Waals surface area contributed by atoms with Gasteiger partial charge in [0, 0.05) is 28.4 Å². The van der Waals surface area contributed by atoms with Crippen molar-refractivity contribution in [1.82, 2.24) is 4.57 Å². The molecule has 0 bridgehead atoms. The monoisotopic (exact) mass is 283 g/mol. The number of benzene rings is 2. The van der Waals surface area contributed by atoms with Gasteiger partial charge in [0.2, 0.25) is 0 Å². The molecule has 0 aliphatic carbocycles. The predicted molar refractivity (Wildman–Crippen MR) is 92.7 cm³/mol. The van der Waals surface area contributed by atoms with E-state index in [4.69, 9.17) is 0 Å². The Balaban J connectivity index is 2.23. The normalized spacial score (nSPS) is 11.6. The molecule has 3 aromatic rings. The maximum atomic E-state index is 2.82. The fourth-order valence-electron chi connectivity index (χ4n) is 2.99. The lowest BCUT2D eigenvalue weighted by atomic mass is 10.1. The maximum Gasteiger partial charge on any atom is 0.0491 e. The van der Waals surface area contributed by atoms with Crippen LogP contribution in [0.5, 0.6) is 0 Å². The predicted octanol–water partition coefficient (Wildman–Crippen LogP) is 5.07. The summed E-state index contributed by atoms with van der Waals surface area (Å²) in [5, 5.41) is 2.80. The van der Waals surface area contributed by atoms with Crippen molar-refractivity contribution in [2.45, 2.75) is 33.2 Å². The highest BCUT2D eigenvalue weighted by atomic mass is 31.0. The molecular formula is C18H22NP. The Morgan fingerprint density at radius 2 is 1.40 bits per heavy atom. The first-order chi connectivity index (χ1) is 9.70. The third kappa shape index (κ3) is 2.36. The molecule has 0 aliphatic heterocycles. The quantitative estimate of drug-likeness (QED) is 0.465. The lowest BCUT2D eigenvalue weighted by molar-refractivity contribution is 0.668. The molecule has 0 amide bonds. The Morgan fingerprint density at radius 3 is 1.90 bits per heavy atom. The summed E-state index contributed by atoms with van der Waals surface area (Å²) in [6.45, 7) is 5.46. The van der Waals surface area contributed by atoms with Crippen molar-refractivity contribution in [2.75, 3.05) is 6.16 Å². The van der Waals surface area contributed by atoms with E-state index < -0.39 is 0 Å². The minimum Gasteiger partial charge on any atom is -0.340 e. The third-order valence-corrected chi connectivity index (χ3v) is 4.42. The summed E-state index contributed by atoms with van der Waals surface area (Å²) in [6, 6.07) is 13.6. The molecule has 104 valence electrons. The molecule has 1 heterocycles. The second-order valence-corrected chi connectivity index (χ2v) is 6.27. The molecule has 0 saturated heterocycles. The van der Waals surface area contributed by atoms with Crippen molar-refractivity contribution < 1.29 is 0 Å². The molecule has 0 N–H and O–H groups in total. The summed E-state index contributed by atoms with van der Waals surface area (Å²) < 4.78 is 2.49. The highest BCUT2D eigenvalue weighted by molar-refractivity contribution is 7.16. The van der Waals surface area contributed by atoms with Crippen LogP contribution < -0.4 is 0 Å². The zero-order chi connectivity index (χ0) is 14.1. The number of rotatable bonds is 4. The van der Waals surface area contributed by atoms with Crippen molar-refractivity contribution >= 4 is 31.0 Å². The van der Waals surface area contributed by atoms with Crippen molar-refractivity contribution in [1.29, 1.82) is 0 Å². The molecule has 0 spiro atoms. The molecule has 1 unspecified atom stereocenters. The van der Waals surface area contributed by atoms with Gasteiger partial charge in [-0.05, 0) is 57.1 Å². The lowest BCUT2D eigenvalue weighted by Gasteiger charge is -2.07. The Hall–Kier alpha value is -1.33. The molecular weight excluding hydrogens is 261 g/mol. The Bertz CT molecular complexity index is 696. The van der Waals surface area contributed by atoms with Gasteiger partial charge in [0.05, 0.1) is 0 Å². The molecule has 20 heavy (non-hydrogen) atoms. The van der Waals surface area contributed by atoms with E-state index in [1.165, 1.54) is 51.9 Å². The van der Waals surface area contributed by atoms with E-state index in [0.717, 1.165) is 6.54 Å². The minimum atomic E-state index is 1.11. The van der Waals surface area contributed by atoms with E-state index in [1.807, 2.05) is 0 Å². The average Bonchev–Trinajstić information content (AvgIpc) is 2.72. The van der Waals surface area contributed by atoms with Gasteiger partial charge in [-0.2, -0.15) is 0 Å². The van der Waals surface area contributed by atoms with Gasteiger partial charge in [-0.1, -0.05) is 23.3 Å². The minimum absolute atomic E-state index is 1.11. The van der Waals surface area contributed by atoms with Gasteiger partial charge in [-0.3, -0.25) is 0 Å². The highest BCUT2D eigenvalue weighted by Crippen LogP contribution is 2.30. The van der Waals surface area contributed by atoms with E-state index in [2.05, 4.69) is 64.1 Å². The Kier molecular flexibility index (Phi) is 3.81.